The van der Waals surface area contributed by atoms with Gasteiger partial charge < -0.3 is 4.57 Å². The first-order valence-corrected chi connectivity index (χ1v) is 7.17. The number of imidazole rings is 1. The van der Waals surface area contributed by atoms with Crippen LogP contribution in [0.2, 0.25) is 0 Å². The van der Waals surface area contributed by atoms with E-state index in [9.17, 15) is 8.78 Å². The van der Waals surface area contributed by atoms with Crippen LogP contribution in [0.4, 0.5) is 8.78 Å². The van der Waals surface area contributed by atoms with Crippen LogP contribution in [0.15, 0.2) is 12.1 Å². The van der Waals surface area contributed by atoms with Crippen molar-refractivity contribution >= 4 is 22.6 Å². The molecule has 110 valence electrons. The predicted molar refractivity (Wildman–Crippen MR) is 77.8 cm³/mol. The van der Waals surface area contributed by atoms with Gasteiger partial charge in [-0.1, -0.05) is 27.7 Å². The molecule has 0 aliphatic rings. The van der Waals surface area contributed by atoms with Crippen LogP contribution < -0.4 is 0 Å². The Bertz CT molecular complexity index is 629. The zero-order chi connectivity index (χ0) is 15.1. The smallest absolute Gasteiger partial charge is 0.153 e. The van der Waals surface area contributed by atoms with Crippen LogP contribution in [0, 0.1) is 23.0 Å². The van der Waals surface area contributed by atoms with E-state index >= 15 is 0 Å². The fourth-order valence-corrected chi connectivity index (χ4v) is 2.25. The third-order valence-corrected chi connectivity index (χ3v) is 4.14. The minimum atomic E-state index is -0.645. The molecular formula is C15H19ClF2N2. The summed E-state index contributed by atoms with van der Waals surface area (Å²) >= 11 is 5.89. The topological polar surface area (TPSA) is 17.8 Å². The van der Waals surface area contributed by atoms with Gasteiger partial charge in [0.25, 0.3) is 0 Å². The molecule has 0 N–H and O–H groups in total. The largest absolute Gasteiger partial charge is 0.327 e. The van der Waals surface area contributed by atoms with Crippen molar-refractivity contribution in [2.75, 3.05) is 0 Å². The molecular weight excluding hydrogens is 282 g/mol. The fourth-order valence-electron chi connectivity index (χ4n) is 2.05. The number of hydrogen-bond acceptors (Lipinski definition) is 1. The molecule has 0 aliphatic heterocycles. The second-order valence-electron chi connectivity index (χ2n) is 6.29. The van der Waals surface area contributed by atoms with E-state index in [1.54, 1.807) is 0 Å². The lowest BCUT2D eigenvalue weighted by Gasteiger charge is -2.28. The van der Waals surface area contributed by atoms with E-state index in [4.69, 9.17) is 11.6 Å². The molecule has 0 amide bonds. The van der Waals surface area contributed by atoms with Crippen molar-refractivity contribution in [2.45, 2.75) is 40.1 Å². The van der Waals surface area contributed by atoms with E-state index in [1.165, 1.54) is 6.07 Å². The Morgan fingerprint density at radius 2 is 1.95 bits per heavy atom. The second-order valence-corrected chi connectivity index (χ2v) is 6.56. The van der Waals surface area contributed by atoms with Gasteiger partial charge in [0.15, 0.2) is 5.82 Å². The summed E-state index contributed by atoms with van der Waals surface area (Å²) in [5, 5.41) is 0. The Balaban J connectivity index is 2.56. The Labute approximate surface area is 122 Å². The Hall–Kier alpha value is -1.16. The van der Waals surface area contributed by atoms with E-state index < -0.39 is 11.6 Å². The lowest BCUT2D eigenvalue weighted by atomic mass is 9.82. The Morgan fingerprint density at radius 3 is 2.50 bits per heavy atom. The molecule has 0 spiro atoms. The van der Waals surface area contributed by atoms with Crippen molar-refractivity contribution in [3.05, 3.63) is 29.6 Å². The third-order valence-electron chi connectivity index (χ3n) is 3.91. The molecule has 0 saturated carbocycles. The Morgan fingerprint density at radius 1 is 1.30 bits per heavy atom. The molecule has 0 aliphatic carbocycles. The van der Waals surface area contributed by atoms with Crippen LogP contribution in [-0.4, -0.2) is 9.55 Å². The lowest BCUT2D eigenvalue weighted by molar-refractivity contribution is 0.233. The number of hydrogen-bond donors (Lipinski definition) is 0. The van der Waals surface area contributed by atoms with Crippen LogP contribution in [0.3, 0.4) is 0 Å². The minimum absolute atomic E-state index is 0.0893. The zero-order valence-electron chi connectivity index (χ0n) is 12.2. The maximum atomic E-state index is 13.8. The van der Waals surface area contributed by atoms with E-state index in [0.29, 0.717) is 23.8 Å². The van der Waals surface area contributed by atoms with Gasteiger partial charge in [0.2, 0.25) is 0 Å². The Kier molecular flexibility index (Phi) is 4.05. The van der Waals surface area contributed by atoms with Gasteiger partial charge in [-0.15, -0.1) is 11.6 Å². The summed E-state index contributed by atoms with van der Waals surface area (Å²) in [5.74, 6) is -0.184. The van der Waals surface area contributed by atoms with Crippen molar-refractivity contribution in [1.29, 1.82) is 0 Å². The zero-order valence-corrected chi connectivity index (χ0v) is 12.9. The monoisotopic (exact) mass is 300 g/mol. The van der Waals surface area contributed by atoms with Crippen LogP contribution in [0.1, 0.15) is 33.5 Å². The van der Waals surface area contributed by atoms with Crippen molar-refractivity contribution in [2.24, 2.45) is 11.3 Å². The summed E-state index contributed by atoms with van der Waals surface area (Å²) in [7, 11) is 0. The summed E-state index contributed by atoms with van der Waals surface area (Å²) in [4.78, 5) is 4.20. The number of halogens is 3. The van der Waals surface area contributed by atoms with Crippen LogP contribution in [0.25, 0.3) is 11.0 Å². The van der Waals surface area contributed by atoms with E-state index in [0.717, 1.165) is 6.07 Å². The van der Waals surface area contributed by atoms with E-state index in [2.05, 4.69) is 32.7 Å². The van der Waals surface area contributed by atoms with Gasteiger partial charge in [-0.3, -0.25) is 0 Å². The first-order valence-electron chi connectivity index (χ1n) is 6.64. The molecule has 0 radical (unpaired) electrons. The van der Waals surface area contributed by atoms with Crippen molar-refractivity contribution in [1.82, 2.24) is 9.55 Å². The predicted octanol–water partition coefficient (Wildman–Crippen LogP) is 4.74. The number of rotatable bonds is 3. The average Bonchev–Trinajstić information content (AvgIpc) is 2.66. The number of fused-ring (bicyclic) bond motifs is 1. The number of nitrogens with zero attached hydrogens (tertiary/aromatic N) is 2. The van der Waals surface area contributed by atoms with Gasteiger partial charge in [0.05, 0.1) is 11.4 Å². The molecule has 20 heavy (non-hydrogen) atoms. The SMILES string of the molecule is CC(Cn1c(CCl)nc2c(F)cc(F)cc21)C(C)(C)C. The van der Waals surface area contributed by atoms with Crippen molar-refractivity contribution < 1.29 is 8.78 Å². The van der Waals surface area contributed by atoms with Gasteiger partial charge in [-0.05, 0) is 17.4 Å². The van der Waals surface area contributed by atoms with E-state index in [1.807, 2.05) is 4.57 Å². The first kappa shape index (κ1) is 15.2. The molecule has 1 unspecified atom stereocenters. The molecule has 5 heteroatoms. The summed E-state index contributed by atoms with van der Waals surface area (Å²) in [6.45, 7) is 9.15. The average molecular weight is 301 g/mol. The second kappa shape index (κ2) is 5.32. The molecule has 2 aromatic rings. The highest BCUT2D eigenvalue weighted by Crippen LogP contribution is 2.30. The summed E-state index contributed by atoms with van der Waals surface area (Å²) in [6, 6.07) is 2.17. The highest BCUT2D eigenvalue weighted by atomic mass is 35.5. The molecule has 1 aromatic heterocycles. The summed E-state index contributed by atoms with van der Waals surface area (Å²) in [6.07, 6.45) is 0. The standard InChI is InChI=1S/C15H19ClF2N2/c1-9(15(2,3)4)8-20-12-6-10(17)5-11(18)14(12)19-13(20)7-16/h5-6,9H,7-8H2,1-4H3. The van der Waals surface area contributed by atoms with Gasteiger partial charge in [0.1, 0.15) is 17.2 Å². The molecule has 1 heterocycles. The normalized spacial score (nSPS) is 13.9. The maximum absolute atomic E-state index is 13.8. The molecule has 1 atom stereocenters. The molecule has 0 fully saturated rings. The summed E-state index contributed by atoms with van der Waals surface area (Å²) < 4.78 is 29.1. The summed E-state index contributed by atoms with van der Waals surface area (Å²) in [5.41, 5.74) is 0.740. The lowest BCUT2D eigenvalue weighted by Crippen LogP contribution is -2.23. The van der Waals surface area contributed by atoms with E-state index in [-0.39, 0.29) is 16.8 Å². The van der Waals surface area contributed by atoms with Gasteiger partial charge in [0, 0.05) is 12.6 Å². The fraction of sp³-hybridized carbons (Fsp3) is 0.533. The van der Waals surface area contributed by atoms with Gasteiger partial charge in [-0.2, -0.15) is 0 Å². The molecule has 0 saturated heterocycles. The first-order chi connectivity index (χ1) is 9.24. The van der Waals surface area contributed by atoms with Crippen molar-refractivity contribution in [3.63, 3.8) is 0 Å². The number of alkyl halides is 1. The van der Waals surface area contributed by atoms with Crippen LogP contribution in [-0.2, 0) is 12.4 Å². The third kappa shape index (κ3) is 2.80. The minimum Gasteiger partial charge on any atom is -0.327 e. The molecule has 2 rings (SSSR count). The van der Waals surface area contributed by atoms with Crippen LogP contribution in [0.5, 0.6) is 0 Å². The number of benzene rings is 1. The maximum Gasteiger partial charge on any atom is 0.153 e. The van der Waals surface area contributed by atoms with Gasteiger partial charge in [-0.25, -0.2) is 13.8 Å². The van der Waals surface area contributed by atoms with Crippen molar-refractivity contribution in [3.8, 4) is 0 Å². The molecule has 2 nitrogen and oxygen atoms in total. The molecule has 1 aromatic carbocycles. The highest BCUT2D eigenvalue weighted by molar-refractivity contribution is 6.16. The van der Waals surface area contributed by atoms with Crippen LogP contribution >= 0.6 is 11.6 Å². The van der Waals surface area contributed by atoms with Gasteiger partial charge >= 0.3 is 0 Å². The molecule has 0 bridgehead atoms. The highest BCUT2D eigenvalue weighted by Gasteiger charge is 2.23. The quantitative estimate of drug-likeness (QED) is 0.749. The number of aromatic nitrogens is 2.